The van der Waals surface area contributed by atoms with Gasteiger partial charge in [0.2, 0.25) is 44.4 Å². The van der Waals surface area contributed by atoms with Crippen molar-refractivity contribution in [1.29, 1.82) is 0 Å². The number of hydrogen-bond acceptors (Lipinski definition) is 24. The lowest BCUT2D eigenvalue weighted by atomic mass is 10.2. The second kappa shape index (κ2) is 53.6. The molecule has 0 saturated heterocycles. The van der Waals surface area contributed by atoms with Gasteiger partial charge in [0.1, 0.15) is 51.2 Å². The predicted octanol–water partition coefficient (Wildman–Crippen LogP) is 22.0. The van der Waals surface area contributed by atoms with Crippen molar-refractivity contribution in [3.05, 3.63) is 318 Å². The number of aromatic nitrogens is 3. The van der Waals surface area contributed by atoms with Crippen LogP contribution in [0.25, 0.3) is 0 Å². The first-order valence-corrected chi connectivity index (χ1v) is 65.3. The number of nitrogens with zero attached hydrogens (tertiary/aromatic N) is 3. The van der Waals surface area contributed by atoms with E-state index >= 15 is 0 Å². The summed E-state index contributed by atoms with van der Waals surface area (Å²) in [5, 5.41) is 17.9. The Kier molecular flexibility index (Phi) is 44.5. The van der Waals surface area contributed by atoms with E-state index in [2.05, 4.69) is 196 Å². The molecule has 818 valence electrons. The molecule has 37 heteroatoms. The van der Waals surface area contributed by atoms with E-state index in [1.807, 2.05) is 207 Å². The van der Waals surface area contributed by atoms with Crippen LogP contribution in [0.2, 0.25) is 90.7 Å². The summed E-state index contributed by atoms with van der Waals surface area (Å²) < 4.78 is 73.7. The average molecular weight is 2160 g/mol. The van der Waals surface area contributed by atoms with Crippen LogP contribution < -0.4 is 78.0 Å². The first-order chi connectivity index (χ1) is 69.6. The van der Waals surface area contributed by atoms with Crippen molar-refractivity contribution in [3.8, 4) is 28.7 Å². The summed E-state index contributed by atoms with van der Waals surface area (Å²) in [7, 11) is -10.2. The lowest BCUT2D eigenvalue weighted by molar-refractivity contribution is 0.0639. The van der Waals surface area contributed by atoms with Gasteiger partial charge in [-0.3, -0.25) is 52.5 Å². The van der Waals surface area contributed by atoms with Crippen LogP contribution >= 0.6 is 0 Å². The van der Waals surface area contributed by atoms with Gasteiger partial charge in [-0.2, -0.15) is 0 Å². The van der Waals surface area contributed by atoms with E-state index in [1.54, 1.807) is 9.58 Å². The van der Waals surface area contributed by atoms with Crippen LogP contribution in [0.1, 0.15) is 268 Å². The summed E-state index contributed by atoms with van der Waals surface area (Å²) in [5.41, 5.74) is 7.65. The van der Waals surface area contributed by atoms with Gasteiger partial charge < -0.3 is 96.9 Å². The molecule has 0 bridgehead atoms. The molecule has 0 atom stereocenters. The number of fused-ring (bicyclic) bond motifs is 1. The fourth-order valence-electron chi connectivity index (χ4n) is 12.9. The summed E-state index contributed by atoms with van der Waals surface area (Å²) in [6, 6.07) is 53.8. The highest BCUT2D eigenvalue weighted by Gasteiger charge is 2.44. The van der Waals surface area contributed by atoms with Gasteiger partial charge in [0.25, 0.3) is 29.4 Å². The van der Waals surface area contributed by atoms with E-state index in [-0.39, 0.29) is 195 Å². The SMILES string of the molecule is CC(C)(C)[Si](C)(C)OCc1cc(=O)c(OCc2ccccc2)c(C(=O)O)o1.CC(C)N1CNn2c(CO[Si](C)(C)C(C)(C)C)cc(=O)c(OCc3ccccc3)c2C1=O.CC(C)NC(=O)c1[nH]c(CO[Si](C)(C)C(C)(C)C)cc(=O)c1OCc1ccccc1.CC(C)NC(=O)c1c(OCc2ccccc2)c(=O)cc(CO[Si](C)(C)C(C)(C)C)n1N.CC(C)NC(=O)c1oc(CO[Si](C)(C)C(C)(C)C)cc(=O)c1OCc1ccccc1. The molecule has 1 aliphatic rings. The van der Waals surface area contributed by atoms with Gasteiger partial charge in [0.15, 0.2) is 75.9 Å². The number of hydrogen-bond donors (Lipinski definition) is 7. The van der Waals surface area contributed by atoms with E-state index in [1.165, 1.54) is 35.0 Å². The summed E-state index contributed by atoms with van der Waals surface area (Å²) in [5.74, 6) is 2.87. The monoisotopic (exact) mass is 2150 g/mol. The van der Waals surface area contributed by atoms with Crippen molar-refractivity contribution in [3.63, 3.8) is 0 Å². The molecular weight excluding hydrogens is 1990 g/mol. The zero-order chi connectivity index (χ0) is 112. The second-order valence-corrected chi connectivity index (χ2v) is 69.9. The molecule has 0 radical (unpaired) electrons. The van der Waals surface area contributed by atoms with Gasteiger partial charge in [-0.15, -0.1) is 0 Å². The summed E-state index contributed by atoms with van der Waals surface area (Å²) in [6.07, 6.45) is 0. The Morgan fingerprint density at radius 1 is 0.367 bits per heavy atom. The number of carboxylic acid groups (broad SMARTS) is 1. The van der Waals surface area contributed by atoms with Crippen LogP contribution in [0.3, 0.4) is 0 Å². The number of nitrogen functional groups attached to an aromatic ring is 1. The highest BCUT2D eigenvalue weighted by atomic mass is 28.4. The van der Waals surface area contributed by atoms with E-state index < -0.39 is 81.4 Å². The van der Waals surface area contributed by atoms with Gasteiger partial charge >= 0.3 is 5.97 Å². The smallest absolute Gasteiger partial charge is 0.375 e. The highest BCUT2D eigenvalue weighted by Crippen LogP contribution is 2.42. The van der Waals surface area contributed by atoms with Crippen molar-refractivity contribution < 1.29 is 83.7 Å². The topological polar surface area (TPSA) is 413 Å². The van der Waals surface area contributed by atoms with Gasteiger partial charge in [0, 0.05) is 60.2 Å². The number of nitrogens with one attached hydrogen (secondary N) is 5. The highest BCUT2D eigenvalue weighted by molar-refractivity contribution is 6.75. The third-order valence-corrected chi connectivity index (χ3v) is 49.5. The number of aromatic carboxylic acids is 1. The van der Waals surface area contributed by atoms with Gasteiger partial charge in [-0.05, 0) is 174 Å². The first kappa shape index (κ1) is 125. The number of nitrogens with two attached hydrogens (primary N) is 1. The van der Waals surface area contributed by atoms with E-state index in [9.17, 15) is 53.1 Å². The zero-order valence-corrected chi connectivity index (χ0v) is 99.3. The summed E-state index contributed by atoms with van der Waals surface area (Å²) >= 11 is 0. The van der Waals surface area contributed by atoms with Crippen LogP contribution in [0.4, 0.5) is 0 Å². The number of carboxylic acids is 1. The first-order valence-electron chi connectivity index (χ1n) is 50.7. The number of aromatic amines is 1. The lowest BCUT2D eigenvalue weighted by Gasteiger charge is -2.38. The van der Waals surface area contributed by atoms with Gasteiger partial charge in [-0.1, -0.05) is 256 Å². The fourth-order valence-corrected chi connectivity index (χ4v) is 17.6. The van der Waals surface area contributed by atoms with Crippen molar-refractivity contribution in [1.82, 2.24) is 35.2 Å². The maximum atomic E-state index is 13.4. The maximum Gasteiger partial charge on any atom is 0.375 e. The molecule has 10 aromatic rings. The Morgan fingerprint density at radius 2 is 0.660 bits per heavy atom. The number of amides is 4. The fraction of sp³-hybridized carbons (Fsp3) is 0.469. The van der Waals surface area contributed by atoms with E-state index in [0.29, 0.717) is 29.5 Å². The number of rotatable bonds is 38. The number of ether oxygens (including phenoxy) is 5. The molecule has 6 heterocycles. The molecule has 5 aromatic carbocycles. The standard InChI is InChI=1S/C24H35N3O4Si.C23H35N3O4Si.C23H34N2O4Si.C23H33NO5Si.C20H26O6Si/c1-17(2)26-16-25-27-19(15-31-32(6,7)24(3,4)5)13-20(28)22(21(27)23(26)29)30-14-18-11-9-8-10-12-18;1-16(2)25-22(28)20-21(29-14-17-11-9-8-10-12-17)19(27)13-18(26(20)24)15-30-31(6,7)23(3,4)5;1-16(2)24-22(27)20-21(28-14-17-11-9-8-10-12-17)19(26)13-18(25-20)15-29-30(6,7)23(3,4)5;1-16(2)24-22(26)21-20(27-14-17-11-9-8-10-12-17)19(25)13-18(29-21)15-28-30(6,7)23(3,4)5;1-20(2,3)27(4,5)25-13-15-11-16(21)17(18(26-15)19(22)23)24-12-14-9-7-6-8-10-14/h8-13,17,25H,14-16H2,1-7H3;8-13,16H,14-15,24H2,1-7H3,(H,25,28);8-13,16H,14-15H2,1-7H3,(H,24,27)(H,25,26);8-13,16H,14-15H2,1-7H3,(H,24,26);6-11H,12-13H2,1-5H3,(H,22,23). The van der Waals surface area contributed by atoms with Gasteiger partial charge in [0.05, 0.1) is 44.4 Å². The molecule has 0 saturated carbocycles. The van der Waals surface area contributed by atoms with Crippen LogP contribution in [0.15, 0.2) is 215 Å². The minimum atomic E-state index is -2.07. The number of benzene rings is 5. The zero-order valence-electron chi connectivity index (χ0n) is 94.3. The maximum absolute atomic E-state index is 13.4. The molecule has 32 nitrogen and oxygen atoms in total. The molecule has 4 amide bonds. The van der Waals surface area contributed by atoms with Gasteiger partial charge in [-0.25, -0.2) is 4.79 Å². The molecule has 0 unspecified atom stereocenters. The third-order valence-electron chi connectivity index (χ3n) is 27.1. The van der Waals surface area contributed by atoms with Crippen molar-refractivity contribution in [2.24, 2.45) is 0 Å². The number of H-pyrrole nitrogens is 1. The molecular formula is C113H163N9O23Si5. The molecule has 0 spiro atoms. The summed E-state index contributed by atoms with van der Waals surface area (Å²) in [6.45, 7) is 70.3. The number of carbonyl (C=O) groups excluding carboxylic acids is 4. The Hall–Kier alpha value is -12.3. The average Bonchev–Trinajstić information content (AvgIpc) is 0.758. The summed E-state index contributed by atoms with van der Waals surface area (Å²) in [4.78, 5) is 132. The second-order valence-electron chi connectivity index (χ2n) is 45.9. The number of carbonyl (C=O) groups is 5. The Balaban J connectivity index is 0.000000254. The Labute approximate surface area is 889 Å². The molecule has 1 aliphatic heterocycles. The van der Waals surface area contributed by atoms with Crippen LogP contribution in [0.5, 0.6) is 28.7 Å². The van der Waals surface area contributed by atoms with Crippen molar-refractivity contribution in [2.45, 2.75) is 340 Å². The quantitative estimate of drug-likeness (QED) is 0.0140. The normalized spacial score (nSPS) is 12.6. The van der Waals surface area contributed by atoms with Crippen LogP contribution in [-0.4, -0.2) is 126 Å². The molecule has 0 fully saturated rings. The molecule has 11 rings (SSSR count). The molecule has 150 heavy (non-hydrogen) atoms. The lowest BCUT2D eigenvalue weighted by Crippen LogP contribution is -2.50. The Bertz CT molecular complexity index is 6320. The molecule has 0 aliphatic carbocycles. The van der Waals surface area contributed by atoms with Crippen molar-refractivity contribution >= 4 is 71.2 Å². The molecule has 8 N–H and O–H groups in total. The molecule has 5 aromatic heterocycles. The van der Waals surface area contributed by atoms with E-state index in [4.69, 9.17) is 60.5 Å². The number of pyridine rings is 3. The van der Waals surface area contributed by atoms with E-state index in [0.717, 1.165) is 27.8 Å². The third kappa shape index (κ3) is 36.2. The minimum absolute atomic E-state index is 0.00328. The Morgan fingerprint density at radius 3 is 1.02 bits per heavy atom. The minimum Gasteiger partial charge on any atom is -0.483 e. The largest absolute Gasteiger partial charge is 0.483 e. The van der Waals surface area contributed by atoms with Crippen molar-refractivity contribution in [2.75, 3.05) is 17.9 Å². The predicted molar refractivity (Wildman–Crippen MR) is 603 cm³/mol. The van der Waals surface area contributed by atoms with Crippen LogP contribution in [-0.2, 0) is 88.2 Å². The van der Waals surface area contributed by atoms with Crippen LogP contribution in [0, 0.1) is 0 Å².